The highest BCUT2D eigenvalue weighted by atomic mass is 16.7. The molecule has 2 aliphatic rings. The van der Waals surface area contributed by atoms with Gasteiger partial charge in [0.25, 0.3) is 5.91 Å². The summed E-state index contributed by atoms with van der Waals surface area (Å²) in [5.41, 5.74) is 3.53. The van der Waals surface area contributed by atoms with Gasteiger partial charge in [0, 0.05) is 6.54 Å². The molecule has 0 bridgehead atoms. The second-order valence-corrected chi connectivity index (χ2v) is 7.21. The molecule has 6 nitrogen and oxygen atoms in total. The third kappa shape index (κ3) is 3.41. The van der Waals surface area contributed by atoms with Crippen molar-refractivity contribution < 1.29 is 23.7 Å². The largest absolute Gasteiger partial charge is 0.497 e. The van der Waals surface area contributed by atoms with Gasteiger partial charge in [0.05, 0.1) is 19.2 Å². The number of fused-ring (bicyclic) bond motifs is 2. The second kappa shape index (κ2) is 7.63. The molecule has 0 unspecified atom stereocenters. The number of methoxy groups -OCH3 is 1. The molecule has 2 aliphatic heterocycles. The van der Waals surface area contributed by atoms with Crippen LogP contribution in [0.4, 0.5) is 0 Å². The first kappa shape index (κ1) is 18.4. The SMILES string of the molecule is COc1cccc(CN2CCOc3cc(-c4ccc5c(c4)OCO5)ccc3C2=O)c1. The summed E-state index contributed by atoms with van der Waals surface area (Å²) in [5.74, 6) is 2.81. The maximum absolute atomic E-state index is 13.2. The van der Waals surface area contributed by atoms with Crippen molar-refractivity contribution >= 4 is 5.91 Å². The van der Waals surface area contributed by atoms with Crippen molar-refractivity contribution in [1.29, 1.82) is 0 Å². The molecule has 3 aromatic rings. The predicted octanol–water partition coefficient (Wildman–Crippen LogP) is 4.13. The van der Waals surface area contributed by atoms with Gasteiger partial charge in [-0.1, -0.05) is 24.3 Å². The molecule has 0 N–H and O–H groups in total. The summed E-state index contributed by atoms with van der Waals surface area (Å²) in [6.07, 6.45) is 0. The van der Waals surface area contributed by atoms with E-state index < -0.39 is 0 Å². The lowest BCUT2D eigenvalue weighted by atomic mass is 10.0. The summed E-state index contributed by atoms with van der Waals surface area (Å²) in [5, 5.41) is 0. The molecule has 2 heterocycles. The van der Waals surface area contributed by atoms with E-state index in [9.17, 15) is 4.79 Å². The zero-order valence-corrected chi connectivity index (χ0v) is 16.6. The van der Waals surface area contributed by atoms with E-state index in [1.807, 2.05) is 60.7 Å². The van der Waals surface area contributed by atoms with Crippen molar-refractivity contribution in [3.05, 3.63) is 71.8 Å². The van der Waals surface area contributed by atoms with Gasteiger partial charge >= 0.3 is 0 Å². The predicted molar refractivity (Wildman–Crippen MR) is 111 cm³/mol. The Labute approximate surface area is 174 Å². The summed E-state index contributed by atoms with van der Waals surface area (Å²) in [7, 11) is 1.64. The van der Waals surface area contributed by atoms with Gasteiger partial charge in [-0.15, -0.1) is 0 Å². The van der Waals surface area contributed by atoms with Gasteiger partial charge in [0.15, 0.2) is 11.5 Å². The van der Waals surface area contributed by atoms with Crippen LogP contribution in [-0.2, 0) is 6.54 Å². The molecule has 1 amide bonds. The fourth-order valence-electron chi connectivity index (χ4n) is 3.75. The van der Waals surface area contributed by atoms with Gasteiger partial charge < -0.3 is 23.8 Å². The van der Waals surface area contributed by atoms with E-state index in [0.29, 0.717) is 31.0 Å². The number of amides is 1. The molecule has 0 aliphatic carbocycles. The molecule has 0 spiro atoms. The van der Waals surface area contributed by atoms with E-state index in [-0.39, 0.29) is 12.7 Å². The lowest BCUT2D eigenvalue weighted by Gasteiger charge is -2.20. The third-order valence-electron chi connectivity index (χ3n) is 5.33. The topological polar surface area (TPSA) is 57.2 Å². The van der Waals surface area contributed by atoms with Crippen LogP contribution >= 0.6 is 0 Å². The van der Waals surface area contributed by atoms with E-state index in [1.54, 1.807) is 12.0 Å². The van der Waals surface area contributed by atoms with Crippen LogP contribution in [0.2, 0.25) is 0 Å². The molecule has 6 heteroatoms. The Morgan fingerprint density at radius 2 is 1.70 bits per heavy atom. The lowest BCUT2D eigenvalue weighted by Crippen LogP contribution is -2.31. The molecule has 152 valence electrons. The van der Waals surface area contributed by atoms with Crippen molar-refractivity contribution in [1.82, 2.24) is 4.90 Å². The molecule has 0 fully saturated rings. The number of carbonyl (C=O) groups excluding carboxylic acids is 1. The van der Waals surface area contributed by atoms with Crippen molar-refractivity contribution in [2.24, 2.45) is 0 Å². The van der Waals surface area contributed by atoms with Crippen molar-refractivity contribution in [3.63, 3.8) is 0 Å². The van der Waals surface area contributed by atoms with Gasteiger partial charge in [-0.2, -0.15) is 0 Å². The summed E-state index contributed by atoms with van der Waals surface area (Å²) in [6.45, 7) is 1.70. The number of ether oxygens (including phenoxy) is 4. The molecule has 30 heavy (non-hydrogen) atoms. The fraction of sp³-hybridized carbons (Fsp3) is 0.208. The van der Waals surface area contributed by atoms with Crippen molar-refractivity contribution in [3.8, 4) is 34.1 Å². The minimum absolute atomic E-state index is 0.0393. The molecular weight excluding hydrogens is 382 g/mol. The first-order chi connectivity index (χ1) is 14.7. The van der Waals surface area contributed by atoms with Crippen LogP contribution in [-0.4, -0.2) is 37.9 Å². The van der Waals surface area contributed by atoms with Crippen LogP contribution < -0.4 is 18.9 Å². The Hall–Kier alpha value is -3.67. The molecule has 0 radical (unpaired) electrons. The standard InChI is InChI=1S/C24H21NO5/c1-27-19-4-2-3-16(11-19)14-25-9-10-28-22-12-17(5-7-20(22)24(25)26)18-6-8-21-23(13-18)30-15-29-21/h2-8,11-13H,9-10,14-15H2,1H3. The van der Waals surface area contributed by atoms with Crippen molar-refractivity contribution in [2.45, 2.75) is 6.54 Å². The molecule has 0 saturated carbocycles. The van der Waals surface area contributed by atoms with Gasteiger partial charge in [0.2, 0.25) is 6.79 Å². The van der Waals surface area contributed by atoms with E-state index >= 15 is 0 Å². The zero-order valence-electron chi connectivity index (χ0n) is 16.6. The minimum atomic E-state index is -0.0393. The zero-order chi connectivity index (χ0) is 20.5. The summed E-state index contributed by atoms with van der Waals surface area (Å²) in [6, 6.07) is 19.3. The smallest absolute Gasteiger partial charge is 0.258 e. The number of carbonyl (C=O) groups is 1. The molecule has 3 aromatic carbocycles. The molecule has 5 rings (SSSR count). The molecule has 0 saturated heterocycles. The monoisotopic (exact) mass is 403 g/mol. The van der Waals surface area contributed by atoms with Gasteiger partial charge in [-0.3, -0.25) is 4.79 Å². The highest BCUT2D eigenvalue weighted by Crippen LogP contribution is 2.37. The maximum atomic E-state index is 13.2. The van der Waals surface area contributed by atoms with Crippen LogP contribution in [0.25, 0.3) is 11.1 Å². The molecule has 0 atom stereocenters. The highest BCUT2D eigenvalue weighted by Gasteiger charge is 2.24. The van der Waals surface area contributed by atoms with Gasteiger partial charge in [-0.25, -0.2) is 0 Å². The fourth-order valence-corrected chi connectivity index (χ4v) is 3.75. The Morgan fingerprint density at radius 1 is 0.900 bits per heavy atom. The summed E-state index contributed by atoms with van der Waals surface area (Å²) >= 11 is 0. The van der Waals surface area contributed by atoms with Crippen LogP contribution in [0, 0.1) is 0 Å². The van der Waals surface area contributed by atoms with E-state index in [0.717, 1.165) is 33.9 Å². The van der Waals surface area contributed by atoms with Crippen LogP contribution in [0.15, 0.2) is 60.7 Å². The molecular formula is C24H21NO5. The van der Waals surface area contributed by atoms with Gasteiger partial charge in [0.1, 0.15) is 18.1 Å². The molecule has 0 aromatic heterocycles. The number of rotatable bonds is 4. The Kier molecular flexibility index (Phi) is 4.67. The van der Waals surface area contributed by atoms with E-state index in [4.69, 9.17) is 18.9 Å². The maximum Gasteiger partial charge on any atom is 0.258 e. The number of nitrogens with zero attached hydrogens (tertiary/aromatic N) is 1. The van der Waals surface area contributed by atoms with E-state index in [1.165, 1.54) is 0 Å². The number of hydrogen-bond donors (Lipinski definition) is 0. The Morgan fingerprint density at radius 3 is 2.57 bits per heavy atom. The second-order valence-electron chi connectivity index (χ2n) is 7.21. The average Bonchev–Trinajstić information content (AvgIpc) is 3.20. The average molecular weight is 403 g/mol. The number of benzene rings is 3. The first-order valence-electron chi connectivity index (χ1n) is 9.80. The lowest BCUT2D eigenvalue weighted by molar-refractivity contribution is 0.0743. The first-order valence-corrected chi connectivity index (χ1v) is 9.80. The third-order valence-corrected chi connectivity index (χ3v) is 5.33. The van der Waals surface area contributed by atoms with Crippen LogP contribution in [0.5, 0.6) is 23.0 Å². The minimum Gasteiger partial charge on any atom is -0.497 e. The number of hydrogen-bond acceptors (Lipinski definition) is 5. The van der Waals surface area contributed by atoms with Crippen LogP contribution in [0.1, 0.15) is 15.9 Å². The van der Waals surface area contributed by atoms with Crippen molar-refractivity contribution in [2.75, 3.05) is 27.1 Å². The highest BCUT2D eigenvalue weighted by molar-refractivity contribution is 5.98. The quantitative estimate of drug-likeness (QED) is 0.656. The summed E-state index contributed by atoms with van der Waals surface area (Å²) < 4.78 is 22.1. The normalized spacial score (nSPS) is 14.7. The Bertz CT molecular complexity index is 1110. The Balaban J connectivity index is 1.41. The van der Waals surface area contributed by atoms with E-state index in [2.05, 4.69) is 0 Å². The van der Waals surface area contributed by atoms with Crippen LogP contribution in [0.3, 0.4) is 0 Å². The van der Waals surface area contributed by atoms with Gasteiger partial charge in [-0.05, 0) is 53.1 Å². The summed E-state index contributed by atoms with van der Waals surface area (Å²) in [4.78, 5) is 15.0.